The Morgan fingerprint density at radius 2 is 2.13 bits per heavy atom. The summed E-state index contributed by atoms with van der Waals surface area (Å²) >= 11 is 0. The maximum absolute atomic E-state index is 9.03. The third-order valence-corrected chi connectivity index (χ3v) is 4.26. The molecule has 0 amide bonds. The molecule has 0 radical (unpaired) electrons. The van der Waals surface area contributed by atoms with Crippen LogP contribution in [0.1, 0.15) is 31.0 Å². The molecule has 1 N–H and O–H groups in total. The molecule has 0 saturated carbocycles. The molecular weight excluding hydrogens is 286 g/mol. The molecule has 1 fully saturated rings. The molecule has 2 heterocycles. The number of rotatable bonds is 4. The Kier molecular flexibility index (Phi) is 4.98. The van der Waals surface area contributed by atoms with E-state index in [0.29, 0.717) is 12.6 Å². The number of hydrogen-bond donors (Lipinski definition) is 1. The molecule has 2 aromatic rings. The zero-order chi connectivity index (χ0) is 16.1. The van der Waals surface area contributed by atoms with E-state index in [1.54, 1.807) is 0 Å². The predicted octanol–water partition coefficient (Wildman–Crippen LogP) is 2.80. The van der Waals surface area contributed by atoms with Crippen molar-refractivity contribution >= 4 is 10.9 Å². The van der Waals surface area contributed by atoms with Crippen molar-refractivity contribution in [2.45, 2.75) is 38.9 Å². The van der Waals surface area contributed by atoms with Gasteiger partial charge in [0.2, 0.25) is 0 Å². The molecule has 118 valence electrons. The van der Waals surface area contributed by atoms with Crippen molar-refractivity contribution in [2.24, 2.45) is 0 Å². The summed E-state index contributed by atoms with van der Waals surface area (Å²) in [6.45, 7) is 4.71. The molecule has 1 aliphatic rings. The zero-order valence-corrected chi connectivity index (χ0v) is 13.4. The average Bonchev–Trinajstić information content (AvgIpc) is 2.92. The van der Waals surface area contributed by atoms with Crippen LogP contribution in [0.3, 0.4) is 0 Å². The summed E-state index contributed by atoms with van der Waals surface area (Å²) in [4.78, 5) is 0. The molecule has 4 heteroatoms. The Bertz CT molecular complexity index is 783. The fourth-order valence-electron chi connectivity index (χ4n) is 3.07. The van der Waals surface area contributed by atoms with Crippen LogP contribution < -0.4 is 5.32 Å². The van der Waals surface area contributed by atoms with E-state index < -0.39 is 0 Å². The normalized spacial score (nSPS) is 15.1. The Balaban J connectivity index is 1.80. The first-order valence-corrected chi connectivity index (χ1v) is 8.05. The summed E-state index contributed by atoms with van der Waals surface area (Å²) in [6, 6.07) is 11.2. The molecular formula is C19H21N3O. The lowest BCUT2D eigenvalue weighted by atomic mass is 10.1. The molecule has 1 aromatic heterocycles. The van der Waals surface area contributed by atoms with Gasteiger partial charge in [0.15, 0.2) is 0 Å². The van der Waals surface area contributed by atoms with Gasteiger partial charge in [0.25, 0.3) is 0 Å². The number of nitriles is 1. The van der Waals surface area contributed by atoms with Gasteiger partial charge in [-0.05, 0) is 49.4 Å². The first-order chi connectivity index (χ1) is 11.3. The summed E-state index contributed by atoms with van der Waals surface area (Å²) in [5.74, 6) is 6.01. The second-order valence-corrected chi connectivity index (χ2v) is 5.81. The van der Waals surface area contributed by atoms with Gasteiger partial charge in [0.05, 0.1) is 17.3 Å². The quantitative estimate of drug-likeness (QED) is 0.884. The maximum Gasteiger partial charge on any atom is 0.111 e. The lowest BCUT2D eigenvalue weighted by Gasteiger charge is -2.23. The monoisotopic (exact) mass is 307 g/mol. The molecule has 4 nitrogen and oxygen atoms in total. The van der Waals surface area contributed by atoms with Gasteiger partial charge in [0, 0.05) is 31.2 Å². The predicted molar refractivity (Wildman–Crippen MR) is 90.8 cm³/mol. The Morgan fingerprint density at radius 1 is 1.30 bits per heavy atom. The van der Waals surface area contributed by atoms with Crippen LogP contribution in [0.25, 0.3) is 10.9 Å². The van der Waals surface area contributed by atoms with E-state index in [1.165, 1.54) is 5.56 Å². The minimum Gasteiger partial charge on any atom is -0.381 e. The second-order valence-electron chi connectivity index (χ2n) is 5.81. The highest BCUT2D eigenvalue weighted by molar-refractivity contribution is 5.83. The van der Waals surface area contributed by atoms with Gasteiger partial charge in [-0.3, -0.25) is 0 Å². The van der Waals surface area contributed by atoms with E-state index in [1.807, 2.05) is 11.5 Å². The van der Waals surface area contributed by atoms with Crippen LogP contribution >= 0.6 is 0 Å². The highest BCUT2D eigenvalue weighted by Gasteiger charge is 2.13. The molecule has 1 saturated heterocycles. The topological polar surface area (TPSA) is 50.0 Å². The van der Waals surface area contributed by atoms with Gasteiger partial charge in [-0.15, -0.1) is 0 Å². The standard InChI is InChI=1S/C19H21N3O/c1-2-3-18-13-16-12-15(4-5-19(16)22(18)9-8-20)14-21-17-6-10-23-11-7-17/h4-5,12-13,17,21H,6-7,9-11,14H2,1H3. The van der Waals surface area contributed by atoms with E-state index in [0.717, 1.165) is 49.2 Å². The van der Waals surface area contributed by atoms with E-state index in [2.05, 4.69) is 47.5 Å². The van der Waals surface area contributed by atoms with Crippen molar-refractivity contribution in [1.29, 1.82) is 5.26 Å². The van der Waals surface area contributed by atoms with Crippen molar-refractivity contribution in [3.05, 3.63) is 35.5 Å². The fraction of sp³-hybridized carbons (Fsp3) is 0.421. The van der Waals surface area contributed by atoms with Gasteiger partial charge in [-0.2, -0.15) is 5.26 Å². The van der Waals surface area contributed by atoms with Crippen LogP contribution in [-0.4, -0.2) is 23.8 Å². The van der Waals surface area contributed by atoms with Crippen LogP contribution in [0.4, 0.5) is 0 Å². The van der Waals surface area contributed by atoms with Crippen LogP contribution in [0.15, 0.2) is 24.3 Å². The minimum atomic E-state index is 0.327. The SMILES string of the molecule is CC#Cc1cc2cc(CNC3CCOCC3)ccc2n1CC#N. The third-order valence-electron chi connectivity index (χ3n) is 4.26. The number of benzene rings is 1. The van der Waals surface area contributed by atoms with Crippen molar-refractivity contribution in [3.63, 3.8) is 0 Å². The lowest BCUT2D eigenvalue weighted by molar-refractivity contribution is 0.0776. The summed E-state index contributed by atoms with van der Waals surface area (Å²) in [5.41, 5.74) is 3.23. The average molecular weight is 307 g/mol. The van der Waals surface area contributed by atoms with Crippen LogP contribution in [0.5, 0.6) is 0 Å². The molecule has 1 aromatic carbocycles. The Morgan fingerprint density at radius 3 is 2.87 bits per heavy atom. The maximum atomic E-state index is 9.03. The molecule has 0 bridgehead atoms. The van der Waals surface area contributed by atoms with E-state index in [9.17, 15) is 0 Å². The van der Waals surface area contributed by atoms with Crippen molar-refractivity contribution in [2.75, 3.05) is 13.2 Å². The molecule has 0 aliphatic carbocycles. The number of aromatic nitrogens is 1. The highest BCUT2D eigenvalue weighted by Crippen LogP contribution is 2.21. The molecule has 3 rings (SSSR count). The van der Waals surface area contributed by atoms with Crippen molar-refractivity contribution in [1.82, 2.24) is 9.88 Å². The van der Waals surface area contributed by atoms with E-state index in [-0.39, 0.29) is 0 Å². The van der Waals surface area contributed by atoms with Gasteiger partial charge in [0.1, 0.15) is 6.54 Å². The number of nitrogens with zero attached hydrogens (tertiary/aromatic N) is 2. The minimum absolute atomic E-state index is 0.327. The summed E-state index contributed by atoms with van der Waals surface area (Å²) < 4.78 is 7.36. The number of ether oxygens (including phenoxy) is 1. The number of fused-ring (bicyclic) bond motifs is 1. The van der Waals surface area contributed by atoms with Crippen molar-refractivity contribution in [3.8, 4) is 17.9 Å². The first-order valence-electron chi connectivity index (χ1n) is 8.05. The summed E-state index contributed by atoms with van der Waals surface area (Å²) in [7, 11) is 0. The van der Waals surface area contributed by atoms with Gasteiger partial charge in [-0.25, -0.2) is 0 Å². The number of nitrogens with one attached hydrogen (secondary N) is 1. The molecule has 1 aliphatic heterocycles. The fourth-order valence-corrected chi connectivity index (χ4v) is 3.07. The summed E-state index contributed by atoms with van der Waals surface area (Å²) in [5, 5.41) is 13.8. The van der Waals surface area contributed by atoms with Crippen LogP contribution in [-0.2, 0) is 17.8 Å². The third kappa shape index (κ3) is 3.56. The number of hydrogen-bond acceptors (Lipinski definition) is 3. The Labute approximate surface area is 137 Å². The second kappa shape index (κ2) is 7.33. The smallest absolute Gasteiger partial charge is 0.111 e. The largest absolute Gasteiger partial charge is 0.381 e. The summed E-state index contributed by atoms with van der Waals surface area (Å²) in [6.07, 6.45) is 2.16. The van der Waals surface area contributed by atoms with Gasteiger partial charge < -0.3 is 14.6 Å². The highest BCUT2D eigenvalue weighted by atomic mass is 16.5. The lowest BCUT2D eigenvalue weighted by Crippen LogP contribution is -2.34. The molecule has 0 atom stereocenters. The molecule has 0 unspecified atom stereocenters. The van der Waals surface area contributed by atoms with Gasteiger partial charge >= 0.3 is 0 Å². The molecule has 0 spiro atoms. The van der Waals surface area contributed by atoms with E-state index >= 15 is 0 Å². The zero-order valence-electron chi connectivity index (χ0n) is 13.4. The van der Waals surface area contributed by atoms with Crippen molar-refractivity contribution < 1.29 is 4.74 Å². The van der Waals surface area contributed by atoms with Crippen LogP contribution in [0, 0.1) is 23.2 Å². The van der Waals surface area contributed by atoms with Crippen LogP contribution in [0.2, 0.25) is 0 Å². The first kappa shape index (κ1) is 15.6. The Hall–Kier alpha value is -2.27. The van der Waals surface area contributed by atoms with E-state index in [4.69, 9.17) is 10.00 Å². The molecule has 23 heavy (non-hydrogen) atoms. The van der Waals surface area contributed by atoms with Gasteiger partial charge in [-0.1, -0.05) is 12.0 Å².